The highest BCUT2D eigenvalue weighted by Crippen LogP contribution is 2.27. The first-order valence-corrected chi connectivity index (χ1v) is 12.4. The highest BCUT2D eigenvalue weighted by Gasteiger charge is 2.28. The predicted molar refractivity (Wildman–Crippen MR) is 131 cm³/mol. The van der Waals surface area contributed by atoms with Gasteiger partial charge in [0.2, 0.25) is 5.78 Å². The summed E-state index contributed by atoms with van der Waals surface area (Å²) in [6.45, 7) is 4.07. The van der Waals surface area contributed by atoms with E-state index in [1.807, 2.05) is 38.1 Å². The summed E-state index contributed by atoms with van der Waals surface area (Å²) in [6.07, 6.45) is 0. The third-order valence-corrected chi connectivity index (χ3v) is 7.57. The normalized spacial score (nSPS) is 11.8. The SMILES string of the molecule is CCn1c(=O)c2ccccc2n2c(CN(c3ccccc3)S(=O)(=O)c3cccc(C)c3)nnc12. The zero-order valence-electron chi connectivity index (χ0n) is 18.8. The summed E-state index contributed by atoms with van der Waals surface area (Å²) in [7, 11) is -3.91. The number of hydrogen-bond donors (Lipinski definition) is 0. The van der Waals surface area contributed by atoms with Gasteiger partial charge in [-0.1, -0.05) is 42.5 Å². The van der Waals surface area contributed by atoms with E-state index in [4.69, 9.17) is 0 Å². The number of rotatable bonds is 6. The molecule has 0 radical (unpaired) electrons. The second kappa shape index (κ2) is 8.42. The van der Waals surface area contributed by atoms with Crippen LogP contribution in [0, 0.1) is 6.92 Å². The summed E-state index contributed by atoms with van der Waals surface area (Å²) in [4.78, 5) is 13.2. The van der Waals surface area contributed by atoms with Crippen molar-refractivity contribution < 1.29 is 8.42 Å². The highest BCUT2D eigenvalue weighted by atomic mass is 32.2. The van der Waals surface area contributed by atoms with Crippen molar-refractivity contribution in [1.82, 2.24) is 19.2 Å². The lowest BCUT2D eigenvalue weighted by atomic mass is 10.2. The molecule has 5 rings (SSSR count). The first-order valence-electron chi connectivity index (χ1n) is 10.9. The van der Waals surface area contributed by atoms with Crippen molar-refractivity contribution in [2.45, 2.75) is 31.8 Å². The minimum atomic E-state index is -3.91. The number of anilines is 1. The van der Waals surface area contributed by atoms with Crippen LogP contribution in [0.4, 0.5) is 5.69 Å². The average molecular weight is 474 g/mol. The minimum Gasteiger partial charge on any atom is -0.277 e. The number of sulfonamides is 1. The maximum Gasteiger partial charge on any atom is 0.264 e. The van der Waals surface area contributed by atoms with Crippen LogP contribution in [-0.4, -0.2) is 27.6 Å². The van der Waals surface area contributed by atoms with Gasteiger partial charge in [-0.2, -0.15) is 0 Å². The fourth-order valence-electron chi connectivity index (χ4n) is 4.14. The minimum absolute atomic E-state index is 0.0621. The molecular formula is C25H23N5O3S. The summed E-state index contributed by atoms with van der Waals surface area (Å²) in [6, 6.07) is 22.9. The van der Waals surface area contributed by atoms with Crippen LogP contribution in [0.1, 0.15) is 18.3 Å². The third kappa shape index (κ3) is 3.54. The number of fused-ring (bicyclic) bond motifs is 3. The van der Waals surface area contributed by atoms with Crippen molar-refractivity contribution in [2.75, 3.05) is 4.31 Å². The Hall–Kier alpha value is -3.98. The topological polar surface area (TPSA) is 89.6 Å². The summed E-state index contributed by atoms with van der Waals surface area (Å²) < 4.78 is 32.2. The lowest BCUT2D eigenvalue weighted by Crippen LogP contribution is -2.31. The van der Waals surface area contributed by atoms with E-state index in [-0.39, 0.29) is 17.0 Å². The van der Waals surface area contributed by atoms with Crippen LogP contribution >= 0.6 is 0 Å². The average Bonchev–Trinajstić information content (AvgIpc) is 3.27. The fraction of sp³-hybridized carbons (Fsp3) is 0.160. The Morgan fingerprint density at radius 1 is 0.912 bits per heavy atom. The molecule has 0 aliphatic rings. The Kier molecular flexibility index (Phi) is 5.41. The fourth-order valence-corrected chi connectivity index (χ4v) is 5.67. The maximum absolute atomic E-state index is 13.8. The molecule has 34 heavy (non-hydrogen) atoms. The molecule has 172 valence electrons. The molecule has 0 spiro atoms. The Morgan fingerprint density at radius 3 is 2.38 bits per heavy atom. The van der Waals surface area contributed by atoms with Gasteiger partial charge in [-0.05, 0) is 55.8 Å². The van der Waals surface area contributed by atoms with Crippen LogP contribution in [-0.2, 0) is 23.1 Å². The molecule has 0 fully saturated rings. The van der Waals surface area contributed by atoms with Crippen LogP contribution < -0.4 is 9.86 Å². The zero-order valence-corrected chi connectivity index (χ0v) is 19.6. The van der Waals surface area contributed by atoms with Gasteiger partial charge in [-0.25, -0.2) is 8.42 Å². The Balaban J connectivity index is 1.74. The molecule has 0 saturated carbocycles. The van der Waals surface area contributed by atoms with Crippen molar-refractivity contribution in [2.24, 2.45) is 0 Å². The van der Waals surface area contributed by atoms with E-state index in [1.54, 1.807) is 63.6 Å². The molecule has 0 saturated heterocycles. The Bertz CT molecular complexity index is 1670. The van der Waals surface area contributed by atoms with E-state index < -0.39 is 10.0 Å². The second-order valence-electron chi connectivity index (χ2n) is 7.98. The molecule has 0 aliphatic heterocycles. The summed E-state index contributed by atoms with van der Waals surface area (Å²) >= 11 is 0. The van der Waals surface area contributed by atoms with Gasteiger partial charge in [0.05, 0.1) is 28.0 Å². The quantitative estimate of drug-likeness (QED) is 0.375. The van der Waals surface area contributed by atoms with Gasteiger partial charge in [0.15, 0.2) is 5.82 Å². The van der Waals surface area contributed by atoms with Crippen molar-refractivity contribution in [1.29, 1.82) is 0 Å². The summed E-state index contributed by atoms with van der Waals surface area (Å²) in [5, 5.41) is 9.12. The lowest BCUT2D eigenvalue weighted by Gasteiger charge is -2.24. The summed E-state index contributed by atoms with van der Waals surface area (Å²) in [5.74, 6) is 0.788. The first kappa shape index (κ1) is 21.8. The summed E-state index contributed by atoms with van der Waals surface area (Å²) in [5.41, 5.74) is 1.83. The van der Waals surface area contributed by atoms with Gasteiger partial charge >= 0.3 is 0 Å². The van der Waals surface area contributed by atoms with E-state index in [9.17, 15) is 13.2 Å². The lowest BCUT2D eigenvalue weighted by molar-refractivity contribution is 0.589. The molecule has 2 heterocycles. The maximum atomic E-state index is 13.8. The smallest absolute Gasteiger partial charge is 0.264 e. The van der Waals surface area contributed by atoms with Crippen molar-refractivity contribution >= 4 is 32.4 Å². The largest absolute Gasteiger partial charge is 0.277 e. The van der Waals surface area contributed by atoms with Crippen LogP contribution in [0.5, 0.6) is 0 Å². The number of benzene rings is 3. The van der Waals surface area contributed by atoms with E-state index in [2.05, 4.69) is 10.2 Å². The van der Waals surface area contributed by atoms with Crippen molar-refractivity contribution in [3.8, 4) is 0 Å². The van der Waals surface area contributed by atoms with E-state index in [1.165, 1.54) is 4.31 Å². The van der Waals surface area contributed by atoms with E-state index in [0.717, 1.165) is 5.56 Å². The number of nitrogens with zero attached hydrogens (tertiary/aromatic N) is 5. The van der Waals surface area contributed by atoms with Crippen LogP contribution in [0.2, 0.25) is 0 Å². The molecule has 0 amide bonds. The second-order valence-corrected chi connectivity index (χ2v) is 9.84. The first-order chi connectivity index (χ1) is 16.4. The van der Waals surface area contributed by atoms with Gasteiger partial charge in [0.25, 0.3) is 15.6 Å². The molecule has 0 bridgehead atoms. The molecule has 0 N–H and O–H groups in total. The molecule has 5 aromatic rings. The zero-order chi connectivity index (χ0) is 23.9. The molecular weight excluding hydrogens is 450 g/mol. The van der Waals surface area contributed by atoms with Gasteiger partial charge in [0.1, 0.15) is 0 Å². The molecule has 0 aliphatic carbocycles. The number of aryl methyl sites for hydroxylation is 2. The van der Waals surface area contributed by atoms with Crippen molar-refractivity contribution in [3.63, 3.8) is 0 Å². The molecule has 8 nitrogen and oxygen atoms in total. The highest BCUT2D eigenvalue weighted by molar-refractivity contribution is 7.92. The Labute approximate surface area is 196 Å². The number of para-hydroxylation sites is 2. The predicted octanol–water partition coefficient (Wildman–Crippen LogP) is 3.77. The molecule has 3 aromatic carbocycles. The molecule has 2 aromatic heterocycles. The van der Waals surface area contributed by atoms with E-state index >= 15 is 0 Å². The van der Waals surface area contributed by atoms with Gasteiger partial charge in [-0.15, -0.1) is 10.2 Å². The van der Waals surface area contributed by atoms with Crippen molar-refractivity contribution in [3.05, 3.63) is 101 Å². The van der Waals surface area contributed by atoms with Crippen LogP contribution in [0.15, 0.2) is 88.6 Å². The van der Waals surface area contributed by atoms with Gasteiger partial charge < -0.3 is 0 Å². The molecule has 9 heteroatoms. The number of hydrogen-bond acceptors (Lipinski definition) is 5. The van der Waals surface area contributed by atoms with E-state index in [0.29, 0.717) is 34.7 Å². The monoisotopic (exact) mass is 473 g/mol. The van der Waals surface area contributed by atoms with Gasteiger partial charge in [0, 0.05) is 6.54 Å². The van der Waals surface area contributed by atoms with Crippen LogP contribution in [0.25, 0.3) is 16.7 Å². The number of aromatic nitrogens is 4. The third-order valence-electron chi connectivity index (χ3n) is 5.80. The Morgan fingerprint density at radius 2 is 1.65 bits per heavy atom. The standard InChI is InChI=1S/C25H23N5O3S/c1-3-28-24(31)21-14-7-8-15-22(21)30-23(26-27-25(28)30)17-29(19-11-5-4-6-12-19)34(32,33)20-13-9-10-18(2)16-20/h4-16H,3,17H2,1-2H3. The van der Waals surface area contributed by atoms with Crippen LogP contribution in [0.3, 0.4) is 0 Å². The van der Waals surface area contributed by atoms with Gasteiger partial charge in [-0.3, -0.25) is 18.1 Å². The molecule has 0 atom stereocenters. The molecule has 0 unspecified atom stereocenters.